The minimum absolute atomic E-state index is 0.381. The van der Waals surface area contributed by atoms with E-state index in [0.29, 0.717) is 24.8 Å². The van der Waals surface area contributed by atoms with Gasteiger partial charge in [-0.05, 0) is 29.3 Å². The molecule has 2 N–H and O–H groups in total. The van der Waals surface area contributed by atoms with E-state index in [1.54, 1.807) is 4.68 Å². The molecule has 1 aromatic carbocycles. The van der Waals surface area contributed by atoms with Gasteiger partial charge in [-0.15, -0.1) is 5.10 Å². The first kappa shape index (κ1) is 15.6. The van der Waals surface area contributed by atoms with Crippen molar-refractivity contribution in [2.75, 3.05) is 13.1 Å². The summed E-state index contributed by atoms with van der Waals surface area (Å²) in [5.74, 6) is 1.34. The Morgan fingerprint density at radius 2 is 2.00 bits per heavy atom. The van der Waals surface area contributed by atoms with E-state index in [9.17, 15) is 5.11 Å². The van der Waals surface area contributed by atoms with E-state index < -0.39 is 6.10 Å². The number of hydrogen-bond acceptors (Lipinski definition) is 5. The van der Waals surface area contributed by atoms with Gasteiger partial charge in [0.05, 0.1) is 12.6 Å². The number of rotatable bonds is 8. The molecule has 0 aliphatic rings. The van der Waals surface area contributed by atoms with Gasteiger partial charge < -0.3 is 10.4 Å². The summed E-state index contributed by atoms with van der Waals surface area (Å²) in [5, 5.41) is 25.0. The summed E-state index contributed by atoms with van der Waals surface area (Å²) in [4.78, 5) is 0. The minimum Gasteiger partial charge on any atom is -0.390 e. The average molecular weight is 289 g/mol. The van der Waals surface area contributed by atoms with Gasteiger partial charge in [-0.2, -0.15) is 0 Å². The number of benzene rings is 1. The average Bonchev–Trinajstić information content (AvgIpc) is 2.92. The van der Waals surface area contributed by atoms with Gasteiger partial charge in [0.2, 0.25) is 0 Å². The predicted octanol–water partition coefficient (Wildman–Crippen LogP) is 1.34. The van der Waals surface area contributed by atoms with E-state index in [0.717, 1.165) is 18.5 Å². The molecule has 0 saturated heterocycles. The first-order valence-corrected chi connectivity index (χ1v) is 7.37. The molecule has 0 aliphatic carbocycles. The summed E-state index contributed by atoms with van der Waals surface area (Å²) in [5.41, 5.74) is 0.947. The fourth-order valence-corrected chi connectivity index (χ4v) is 2.05. The lowest BCUT2D eigenvalue weighted by atomic mass is 10.1. The van der Waals surface area contributed by atoms with Gasteiger partial charge in [0.25, 0.3) is 0 Å². The van der Waals surface area contributed by atoms with E-state index in [2.05, 4.69) is 34.7 Å². The first-order chi connectivity index (χ1) is 10.2. The van der Waals surface area contributed by atoms with Crippen LogP contribution in [0.4, 0.5) is 0 Å². The summed E-state index contributed by atoms with van der Waals surface area (Å²) in [6.07, 6.45) is 0.593. The van der Waals surface area contributed by atoms with E-state index in [4.69, 9.17) is 0 Å². The van der Waals surface area contributed by atoms with Crippen molar-refractivity contribution in [3.8, 4) is 11.4 Å². The lowest BCUT2D eigenvalue weighted by Crippen LogP contribution is -2.31. The number of tetrazole rings is 1. The molecule has 1 aromatic heterocycles. The standard InChI is InChI=1S/C15H23N5O/c1-12(2)8-9-16-10-14(21)11-20-15(17-18-19-20)13-6-4-3-5-7-13/h3-7,12,14,16,21H,8-11H2,1-2H3. The molecule has 1 heterocycles. The molecule has 0 bridgehead atoms. The third-order valence-electron chi connectivity index (χ3n) is 3.23. The van der Waals surface area contributed by atoms with Crippen LogP contribution in [-0.2, 0) is 6.54 Å². The highest BCUT2D eigenvalue weighted by atomic mass is 16.3. The summed E-state index contributed by atoms with van der Waals surface area (Å²) in [7, 11) is 0. The number of aliphatic hydroxyl groups excluding tert-OH is 1. The van der Waals surface area contributed by atoms with E-state index >= 15 is 0 Å². The van der Waals surface area contributed by atoms with Crippen LogP contribution < -0.4 is 5.32 Å². The fourth-order valence-electron chi connectivity index (χ4n) is 2.05. The normalized spacial score (nSPS) is 12.8. The number of aliphatic hydroxyl groups is 1. The maximum atomic E-state index is 10.1. The molecule has 114 valence electrons. The Bertz CT molecular complexity index is 526. The van der Waals surface area contributed by atoms with Crippen LogP contribution in [0, 0.1) is 5.92 Å². The van der Waals surface area contributed by atoms with Crippen LogP contribution in [0.25, 0.3) is 11.4 Å². The second kappa shape index (κ2) is 7.85. The molecule has 0 saturated carbocycles. The Hall–Kier alpha value is -1.79. The van der Waals surface area contributed by atoms with E-state index in [-0.39, 0.29) is 0 Å². The van der Waals surface area contributed by atoms with Crippen molar-refractivity contribution in [1.29, 1.82) is 0 Å². The number of nitrogens with one attached hydrogen (secondary N) is 1. The van der Waals surface area contributed by atoms with Gasteiger partial charge in [0.1, 0.15) is 0 Å². The smallest absolute Gasteiger partial charge is 0.182 e. The molecule has 6 nitrogen and oxygen atoms in total. The fraction of sp³-hybridized carbons (Fsp3) is 0.533. The topological polar surface area (TPSA) is 75.9 Å². The van der Waals surface area contributed by atoms with Crippen molar-refractivity contribution in [3.63, 3.8) is 0 Å². The quantitative estimate of drug-likeness (QED) is 0.717. The molecule has 6 heteroatoms. The molecule has 21 heavy (non-hydrogen) atoms. The van der Waals surface area contributed by atoms with E-state index in [1.165, 1.54) is 0 Å². The molecular formula is C15H23N5O. The molecular weight excluding hydrogens is 266 g/mol. The van der Waals surface area contributed by atoms with Gasteiger partial charge >= 0.3 is 0 Å². The van der Waals surface area contributed by atoms with Crippen molar-refractivity contribution in [3.05, 3.63) is 30.3 Å². The van der Waals surface area contributed by atoms with Crippen LogP contribution >= 0.6 is 0 Å². The molecule has 0 aliphatic heterocycles. The molecule has 1 atom stereocenters. The summed E-state index contributed by atoms with van der Waals surface area (Å²) >= 11 is 0. The largest absolute Gasteiger partial charge is 0.390 e. The minimum atomic E-state index is -0.511. The molecule has 0 radical (unpaired) electrons. The Balaban J connectivity index is 1.87. The molecule has 1 unspecified atom stereocenters. The Morgan fingerprint density at radius 1 is 1.24 bits per heavy atom. The highest BCUT2D eigenvalue weighted by molar-refractivity contribution is 5.53. The van der Waals surface area contributed by atoms with Crippen molar-refractivity contribution < 1.29 is 5.11 Å². The van der Waals surface area contributed by atoms with Gasteiger partial charge in [-0.3, -0.25) is 0 Å². The summed E-state index contributed by atoms with van der Waals surface area (Å²) in [6, 6.07) is 9.74. The monoisotopic (exact) mass is 289 g/mol. The second-order valence-corrected chi connectivity index (χ2v) is 5.59. The van der Waals surface area contributed by atoms with Crippen LogP contribution in [0.15, 0.2) is 30.3 Å². The van der Waals surface area contributed by atoms with Crippen molar-refractivity contribution in [2.24, 2.45) is 5.92 Å². The molecule has 2 rings (SSSR count). The number of hydrogen-bond donors (Lipinski definition) is 2. The van der Waals surface area contributed by atoms with Crippen LogP contribution in [0.3, 0.4) is 0 Å². The molecule has 0 amide bonds. The summed E-state index contributed by atoms with van der Waals surface area (Å²) < 4.78 is 1.64. The second-order valence-electron chi connectivity index (χ2n) is 5.59. The van der Waals surface area contributed by atoms with Crippen molar-refractivity contribution >= 4 is 0 Å². The molecule has 2 aromatic rings. The highest BCUT2D eigenvalue weighted by Crippen LogP contribution is 2.14. The van der Waals surface area contributed by atoms with Gasteiger partial charge in [0.15, 0.2) is 5.82 Å². The zero-order chi connectivity index (χ0) is 15.1. The van der Waals surface area contributed by atoms with Crippen LogP contribution in [-0.4, -0.2) is 44.5 Å². The Labute approximate surface area is 125 Å². The predicted molar refractivity (Wildman–Crippen MR) is 81.6 cm³/mol. The third-order valence-corrected chi connectivity index (χ3v) is 3.23. The zero-order valence-corrected chi connectivity index (χ0v) is 12.6. The molecule has 0 spiro atoms. The van der Waals surface area contributed by atoms with Gasteiger partial charge in [-0.1, -0.05) is 44.2 Å². The van der Waals surface area contributed by atoms with Crippen LogP contribution in [0.2, 0.25) is 0 Å². The van der Waals surface area contributed by atoms with Gasteiger partial charge in [0, 0.05) is 12.1 Å². The number of nitrogens with zero attached hydrogens (tertiary/aromatic N) is 4. The van der Waals surface area contributed by atoms with Crippen LogP contribution in [0.5, 0.6) is 0 Å². The molecule has 0 fully saturated rings. The van der Waals surface area contributed by atoms with Crippen LogP contribution in [0.1, 0.15) is 20.3 Å². The van der Waals surface area contributed by atoms with E-state index in [1.807, 2.05) is 30.3 Å². The number of aromatic nitrogens is 4. The Morgan fingerprint density at radius 3 is 2.71 bits per heavy atom. The SMILES string of the molecule is CC(C)CCNCC(O)Cn1nnnc1-c1ccccc1. The maximum absolute atomic E-state index is 10.1. The maximum Gasteiger partial charge on any atom is 0.182 e. The van der Waals surface area contributed by atoms with Gasteiger partial charge in [-0.25, -0.2) is 4.68 Å². The lowest BCUT2D eigenvalue weighted by molar-refractivity contribution is 0.146. The van der Waals surface area contributed by atoms with Crippen molar-refractivity contribution in [1.82, 2.24) is 25.5 Å². The Kier molecular flexibility index (Phi) is 5.83. The van der Waals surface area contributed by atoms with Crippen molar-refractivity contribution in [2.45, 2.75) is 32.9 Å². The highest BCUT2D eigenvalue weighted by Gasteiger charge is 2.12. The first-order valence-electron chi connectivity index (χ1n) is 7.37. The zero-order valence-electron chi connectivity index (χ0n) is 12.6. The third kappa shape index (κ3) is 4.91. The summed E-state index contributed by atoms with van der Waals surface area (Å²) in [6.45, 7) is 6.21. The lowest BCUT2D eigenvalue weighted by Gasteiger charge is -2.13.